The molecule has 1 unspecified atom stereocenters. The monoisotopic (exact) mass is 197 g/mol. The molecule has 3 nitrogen and oxygen atoms in total. The maximum Gasteiger partial charge on any atom is 0.258 e. The number of hydrogen-bond acceptors (Lipinski definition) is 3. The molecule has 4 heteroatoms. The van der Waals surface area contributed by atoms with E-state index in [0.29, 0.717) is 10.9 Å². The molecule has 2 heterocycles. The van der Waals surface area contributed by atoms with Crippen molar-refractivity contribution in [2.75, 3.05) is 12.3 Å². The Morgan fingerprint density at radius 2 is 2.62 bits per heavy atom. The normalized spacial score (nSPS) is 22.2. The molecule has 0 N–H and O–H groups in total. The molecule has 1 amide bonds. The fourth-order valence-electron chi connectivity index (χ4n) is 1.41. The van der Waals surface area contributed by atoms with Gasteiger partial charge in [0.1, 0.15) is 6.26 Å². The van der Waals surface area contributed by atoms with Crippen LogP contribution < -0.4 is 0 Å². The lowest BCUT2D eigenvalue weighted by atomic mass is 10.3. The van der Waals surface area contributed by atoms with E-state index in [9.17, 15) is 4.79 Å². The minimum absolute atomic E-state index is 0.0752. The van der Waals surface area contributed by atoms with Crippen molar-refractivity contribution >= 4 is 17.7 Å². The molecule has 2 rings (SSSR count). The molecule has 1 aliphatic heterocycles. The van der Waals surface area contributed by atoms with E-state index in [1.807, 2.05) is 4.90 Å². The van der Waals surface area contributed by atoms with E-state index in [-0.39, 0.29) is 5.91 Å². The molecule has 1 aromatic rings. The minimum atomic E-state index is 0.0752. The first-order valence-corrected chi connectivity index (χ1v) is 5.28. The summed E-state index contributed by atoms with van der Waals surface area (Å²) in [6, 6.07) is 1.71. The average Bonchev–Trinajstić information content (AvgIpc) is 2.72. The Bertz CT molecular complexity index is 297. The van der Waals surface area contributed by atoms with Gasteiger partial charge in [-0.1, -0.05) is 0 Å². The van der Waals surface area contributed by atoms with E-state index >= 15 is 0 Å². The fourth-order valence-corrected chi connectivity index (χ4v) is 2.44. The summed E-state index contributed by atoms with van der Waals surface area (Å²) < 4.78 is 4.88. The molecule has 0 spiro atoms. The van der Waals surface area contributed by atoms with Crippen molar-refractivity contribution in [1.29, 1.82) is 0 Å². The summed E-state index contributed by atoms with van der Waals surface area (Å²) in [5.41, 5.74) is 0.648. The molecule has 0 aliphatic carbocycles. The van der Waals surface area contributed by atoms with Crippen LogP contribution in [0.1, 0.15) is 17.3 Å². The largest absolute Gasteiger partial charge is 0.472 e. The van der Waals surface area contributed by atoms with E-state index in [1.54, 1.807) is 17.8 Å². The van der Waals surface area contributed by atoms with Gasteiger partial charge in [-0.25, -0.2) is 0 Å². The van der Waals surface area contributed by atoms with Gasteiger partial charge in [0.05, 0.1) is 17.2 Å². The smallest absolute Gasteiger partial charge is 0.258 e. The molecular weight excluding hydrogens is 186 g/mol. The molecule has 1 atom stereocenters. The first-order chi connectivity index (χ1) is 6.29. The van der Waals surface area contributed by atoms with Crippen LogP contribution in [0.15, 0.2) is 23.0 Å². The van der Waals surface area contributed by atoms with Gasteiger partial charge in [-0.2, -0.15) is 0 Å². The quantitative estimate of drug-likeness (QED) is 0.688. The number of thioether (sulfide) groups is 1. The molecule has 0 radical (unpaired) electrons. The zero-order valence-corrected chi connectivity index (χ0v) is 8.21. The molecule has 0 aromatic carbocycles. The van der Waals surface area contributed by atoms with Crippen LogP contribution in [0.3, 0.4) is 0 Å². The standard InChI is InChI=1S/C9H11NO2S/c1-7-10(3-5-13-7)9(11)8-2-4-12-6-8/h2,4,6-7H,3,5H2,1H3. The van der Waals surface area contributed by atoms with Gasteiger partial charge < -0.3 is 9.32 Å². The Morgan fingerprint density at radius 1 is 1.77 bits per heavy atom. The van der Waals surface area contributed by atoms with Crippen LogP contribution in [-0.4, -0.2) is 28.5 Å². The minimum Gasteiger partial charge on any atom is -0.472 e. The van der Waals surface area contributed by atoms with Crippen LogP contribution in [0.25, 0.3) is 0 Å². The Labute approximate surface area is 81.1 Å². The zero-order valence-electron chi connectivity index (χ0n) is 7.40. The lowest BCUT2D eigenvalue weighted by molar-refractivity contribution is 0.0768. The molecule has 0 bridgehead atoms. The highest BCUT2D eigenvalue weighted by Crippen LogP contribution is 2.24. The second-order valence-electron chi connectivity index (χ2n) is 2.98. The lowest BCUT2D eigenvalue weighted by Gasteiger charge is -2.19. The van der Waals surface area contributed by atoms with Crippen LogP contribution in [-0.2, 0) is 0 Å². The van der Waals surface area contributed by atoms with Gasteiger partial charge in [0.15, 0.2) is 0 Å². The van der Waals surface area contributed by atoms with Crippen LogP contribution in [0, 0.1) is 0 Å². The first-order valence-electron chi connectivity index (χ1n) is 4.24. The summed E-state index contributed by atoms with van der Waals surface area (Å²) in [6.07, 6.45) is 3.03. The SMILES string of the molecule is CC1SCCN1C(=O)c1ccoc1. The van der Waals surface area contributed by atoms with E-state index < -0.39 is 0 Å². The number of furan rings is 1. The summed E-state index contributed by atoms with van der Waals surface area (Å²) in [5, 5.41) is 0.294. The Hall–Kier alpha value is -0.900. The van der Waals surface area contributed by atoms with Crippen molar-refractivity contribution in [3.63, 3.8) is 0 Å². The summed E-state index contributed by atoms with van der Waals surface area (Å²) in [7, 11) is 0. The number of hydrogen-bond donors (Lipinski definition) is 0. The Kier molecular flexibility index (Phi) is 2.31. The van der Waals surface area contributed by atoms with E-state index in [2.05, 4.69) is 6.92 Å². The predicted molar refractivity (Wildman–Crippen MR) is 51.7 cm³/mol. The zero-order chi connectivity index (χ0) is 9.26. The van der Waals surface area contributed by atoms with Crippen molar-refractivity contribution in [2.24, 2.45) is 0 Å². The first kappa shape index (κ1) is 8.69. The van der Waals surface area contributed by atoms with Gasteiger partial charge in [-0.15, -0.1) is 11.8 Å². The highest BCUT2D eigenvalue weighted by molar-refractivity contribution is 8.00. The highest BCUT2D eigenvalue weighted by Gasteiger charge is 2.26. The molecular formula is C9H11NO2S. The van der Waals surface area contributed by atoms with Crippen LogP contribution >= 0.6 is 11.8 Å². The van der Waals surface area contributed by atoms with Crippen molar-refractivity contribution in [3.05, 3.63) is 24.2 Å². The van der Waals surface area contributed by atoms with Gasteiger partial charge in [0.25, 0.3) is 5.91 Å². The topological polar surface area (TPSA) is 33.5 Å². The molecule has 0 saturated carbocycles. The lowest BCUT2D eigenvalue weighted by Crippen LogP contribution is -2.32. The molecule has 13 heavy (non-hydrogen) atoms. The van der Waals surface area contributed by atoms with Crippen molar-refractivity contribution in [1.82, 2.24) is 4.90 Å². The number of carbonyl (C=O) groups excluding carboxylic acids is 1. The van der Waals surface area contributed by atoms with E-state index in [1.165, 1.54) is 12.5 Å². The van der Waals surface area contributed by atoms with E-state index in [4.69, 9.17) is 4.42 Å². The van der Waals surface area contributed by atoms with Gasteiger partial charge in [0.2, 0.25) is 0 Å². The summed E-state index contributed by atoms with van der Waals surface area (Å²) in [4.78, 5) is 13.6. The third-order valence-corrected chi connectivity index (χ3v) is 3.31. The number of nitrogens with zero attached hydrogens (tertiary/aromatic N) is 1. The highest BCUT2D eigenvalue weighted by atomic mass is 32.2. The van der Waals surface area contributed by atoms with Crippen molar-refractivity contribution in [3.8, 4) is 0 Å². The maximum atomic E-state index is 11.8. The number of amides is 1. The number of carbonyl (C=O) groups is 1. The van der Waals surface area contributed by atoms with Crippen LogP contribution in [0.4, 0.5) is 0 Å². The molecule has 70 valence electrons. The Balaban J connectivity index is 2.13. The fraction of sp³-hybridized carbons (Fsp3) is 0.444. The third-order valence-electron chi connectivity index (χ3n) is 2.16. The molecule has 1 aromatic heterocycles. The predicted octanol–water partition coefficient (Wildman–Crippen LogP) is 1.81. The van der Waals surface area contributed by atoms with E-state index in [0.717, 1.165) is 12.3 Å². The Morgan fingerprint density at radius 3 is 3.15 bits per heavy atom. The summed E-state index contributed by atoms with van der Waals surface area (Å²) in [6.45, 7) is 2.89. The van der Waals surface area contributed by atoms with Crippen molar-refractivity contribution < 1.29 is 9.21 Å². The third kappa shape index (κ3) is 1.58. The van der Waals surface area contributed by atoms with Gasteiger partial charge in [0, 0.05) is 12.3 Å². The maximum absolute atomic E-state index is 11.8. The van der Waals surface area contributed by atoms with Gasteiger partial charge >= 0.3 is 0 Å². The van der Waals surface area contributed by atoms with Crippen LogP contribution in [0.2, 0.25) is 0 Å². The van der Waals surface area contributed by atoms with Crippen LogP contribution in [0.5, 0.6) is 0 Å². The number of rotatable bonds is 1. The summed E-state index contributed by atoms with van der Waals surface area (Å²) in [5.74, 6) is 1.11. The second kappa shape index (κ2) is 3.46. The molecule has 1 aliphatic rings. The average molecular weight is 197 g/mol. The molecule has 1 saturated heterocycles. The summed E-state index contributed by atoms with van der Waals surface area (Å²) >= 11 is 1.81. The van der Waals surface area contributed by atoms with Gasteiger partial charge in [-0.05, 0) is 13.0 Å². The van der Waals surface area contributed by atoms with Gasteiger partial charge in [-0.3, -0.25) is 4.79 Å². The molecule has 1 fully saturated rings. The van der Waals surface area contributed by atoms with Crippen molar-refractivity contribution in [2.45, 2.75) is 12.3 Å². The second-order valence-corrected chi connectivity index (χ2v) is 4.40.